The molecule has 1 aromatic heterocycles. The Kier molecular flexibility index (Phi) is 5.31. The Labute approximate surface area is 202 Å². The quantitative estimate of drug-likeness (QED) is 0.431. The Balaban J connectivity index is 1.47. The highest BCUT2D eigenvalue weighted by atomic mass is 16.4. The van der Waals surface area contributed by atoms with Gasteiger partial charge in [-0.15, -0.1) is 0 Å². The van der Waals surface area contributed by atoms with Gasteiger partial charge in [-0.05, 0) is 82.9 Å². The summed E-state index contributed by atoms with van der Waals surface area (Å²) in [6.45, 7) is 9.43. The molecule has 4 nitrogen and oxygen atoms in total. The molecule has 2 aliphatic carbocycles. The zero-order valence-corrected chi connectivity index (χ0v) is 20.6. The third-order valence-electron chi connectivity index (χ3n) is 8.23. The smallest absolute Gasteiger partial charge is 0.405 e. The number of rotatable bonds is 4. The largest absolute Gasteiger partial charge is 0.465 e. The number of carboxylic acid groups (broad SMARTS) is 1. The van der Waals surface area contributed by atoms with Gasteiger partial charge in [-0.1, -0.05) is 70.2 Å². The molecule has 3 aromatic rings. The fourth-order valence-electron chi connectivity index (χ4n) is 5.72. The van der Waals surface area contributed by atoms with Crippen LogP contribution in [0.4, 0.5) is 4.79 Å². The summed E-state index contributed by atoms with van der Waals surface area (Å²) in [6.07, 6.45) is 6.06. The van der Waals surface area contributed by atoms with E-state index in [0.717, 1.165) is 36.1 Å². The summed E-state index contributed by atoms with van der Waals surface area (Å²) in [5.41, 5.74) is 8.26. The van der Waals surface area contributed by atoms with Gasteiger partial charge in [0.05, 0.1) is 11.2 Å². The fraction of sp³-hybridized carbons (Fsp3) is 0.400. The average Bonchev–Trinajstić information content (AvgIpc) is 2.79. The van der Waals surface area contributed by atoms with Gasteiger partial charge in [0.1, 0.15) is 0 Å². The van der Waals surface area contributed by atoms with Crippen molar-refractivity contribution in [3.63, 3.8) is 0 Å². The lowest BCUT2D eigenvalue weighted by molar-refractivity contribution is 0.144. The van der Waals surface area contributed by atoms with Crippen molar-refractivity contribution in [2.75, 3.05) is 0 Å². The second-order valence-corrected chi connectivity index (χ2v) is 11.4. The highest BCUT2D eigenvalue weighted by molar-refractivity contribution is 5.72. The number of carbonyl (C=O) groups is 1. The molecule has 1 heterocycles. The first-order chi connectivity index (χ1) is 16.1. The topological polar surface area (TPSA) is 62.2 Å². The summed E-state index contributed by atoms with van der Waals surface area (Å²) >= 11 is 0. The zero-order chi connectivity index (χ0) is 24.1. The Bertz CT molecular complexity index is 1240. The SMILES string of the molecule is CC1(C)CCC(C)(C)c2cc(-c3ccnc(-c4ccc(C5(NC(=O)O)CCC5)cc4)c3)ccc21. The van der Waals surface area contributed by atoms with E-state index in [9.17, 15) is 9.90 Å². The molecule has 0 spiro atoms. The summed E-state index contributed by atoms with van der Waals surface area (Å²) in [7, 11) is 0. The molecule has 0 saturated heterocycles. The van der Waals surface area contributed by atoms with Gasteiger partial charge < -0.3 is 10.4 Å². The van der Waals surface area contributed by atoms with E-state index in [1.807, 2.05) is 18.3 Å². The van der Waals surface area contributed by atoms with Gasteiger partial charge in [-0.25, -0.2) is 4.79 Å². The first kappa shape index (κ1) is 22.6. The number of nitrogens with zero attached hydrogens (tertiary/aromatic N) is 1. The third kappa shape index (κ3) is 3.89. The molecule has 1 amide bonds. The van der Waals surface area contributed by atoms with Gasteiger partial charge >= 0.3 is 6.09 Å². The van der Waals surface area contributed by atoms with Crippen molar-refractivity contribution in [2.45, 2.75) is 76.2 Å². The predicted octanol–water partition coefficient (Wildman–Crippen LogP) is 7.41. The van der Waals surface area contributed by atoms with Crippen molar-refractivity contribution >= 4 is 6.09 Å². The Hall–Kier alpha value is -3.14. The van der Waals surface area contributed by atoms with E-state index in [4.69, 9.17) is 0 Å². The van der Waals surface area contributed by atoms with Crippen molar-refractivity contribution in [3.8, 4) is 22.4 Å². The van der Waals surface area contributed by atoms with Gasteiger partial charge in [0, 0.05) is 11.8 Å². The molecular formula is C30H34N2O2. The van der Waals surface area contributed by atoms with Gasteiger partial charge in [0.15, 0.2) is 0 Å². The molecule has 1 fully saturated rings. The number of benzene rings is 2. The van der Waals surface area contributed by atoms with Crippen LogP contribution in [-0.4, -0.2) is 16.2 Å². The van der Waals surface area contributed by atoms with Crippen LogP contribution in [0.2, 0.25) is 0 Å². The molecule has 0 radical (unpaired) electrons. The minimum atomic E-state index is -0.963. The van der Waals surface area contributed by atoms with Gasteiger partial charge in [-0.3, -0.25) is 4.98 Å². The summed E-state index contributed by atoms with van der Waals surface area (Å²) in [4.78, 5) is 15.9. The Morgan fingerprint density at radius 2 is 1.41 bits per heavy atom. The molecule has 1 saturated carbocycles. The summed E-state index contributed by atoms with van der Waals surface area (Å²) < 4.78 is 0. The summed E-state index contributed by atoms with van der Waals surface area (Å²) in [5, 5.41) is 12.0. The van der Waals surface area contributed by atoms with Crippen molar-refractivity contribution in [1.82, 2.24) is 10.3 Å². The number of pyridine rings is 1. The average molecular weight is 455 g/mol. The molecular weight excluding hydrogens is 420 g/mol. The van der Waals surface area contributed by atoms with E-state index in [1.54, 1.807) is 0 Å². The minimum Gasteiger partial charge on any atom is -0.465 e. The molecule has 5 rings (SSSR count). The van der Waals surface area contributed by atoms with Gasteiger partial charge in [0.2, 0.25) is 0 Å². The van der Waals surface area contributed by atoms with Crippen LogP contribution in [0, 0.1) is 0 Å². The molecule has 0 aliphatic heterocycles. The number of aromatic nitrogens is 1. The van der Waals surface area contributed by atoms with Crippen molar-refractivity contribution in [3.05, 3.63) is 77.5 Å². The van der Waals surface area contributed by atoms with Gasteiger partial charge in [-0.2, -0.15) is 0 Å². The van der Waals surface area contributed by atoms with Crippen LogP contribution >= 0.6 is 0 Å². The van der Waals surface area contributed by atoms with Crippen LogP contribution < -0.4 is 5.32 Å². The maximum atomic E-state index is 11.3. The Morgan fingerprint density at radius 1 is 0.794 bits per heavy atom. The number of amides is 1. The highest BCUT2D eigenvalue weighted by Gasteiger charge is 2.40. The van der Waals surface area contributed by atoms with Gasteiger partial charge in [0.25, 0.3) is 0 Å². The lowest BCUT2D eigenvalue weighted by Gasteiger charge is -2.42. The minimum absolute atomic E-state index is 0.175. The monoisotopic (exact) mass is 454 g/mol. The molecule has 34 heavy (non-hydrogen) atoms. The predicted molar refractivity (Wildman–Crippen MR) is 137 cm³/mol. The molecule has 2 aliphatic rings. The molecule has 4 heteroatoms. The number of hydrogen-bond donors (Lipinski definition) is 2. The summed E-state index contributed by atoms with van der Waals surface area (Å²) in [5.74, 6) is 0. The normalized spacial score (nSPS) is 19.5. The van der Waals surface area contributed by atoms with Crippen LogP contribution in [0.3, 0.4) is 0 Å². The molecule has 176 valence electrons. The van der Waals surface area contributed by atoms with Crippen molar-refractivity contribution in [1.29, 1.82) is 0 Å². The Morgan fingerprint density at radius 3 is 2.03 bits per heavy atom. The van der Waals surface area contributed by atoms with E-state index in [1.165, 1.54) is 35.1 Å². The van der Waals surface area contributed by atoms with Crippen molar-refractivity contribution in [2.24, 2.45) is 0 Å². The zero-order valence-electron chi connectivity index (χ0n) is 20.6. The molecule has 2 aromatic carbocycles. The first-order valence-corrected chi connectivity index (χ1v) is 12.3. The maximum absolute atomic E-state index is 11.3. The lowest BCUT2D eigenvalue weighted by atomic mass is 9.63. The summed E-state index contributed by atoms with van der Waals surface area (Å²) in [6, 6.07) is 19.4. The molecule has 0 atom stereocenters. The van der Waals surface area contributed by atoms with Crippen LogP contribution in [0.25, 0.3) is 22.4 Å². The van der Waals surface area contributed by atoms with Crippen LogP contribution in [0.15, 0.2) is 60.8 Å². The van der Waals surface area contributed by atoms with E-state index in [-0.39, 0.29) is 10.8 Å². The second kappa shape index (κ2) is 7.97. The molecule has 0 bridgehead atoms. The first-order valence-electron chi connectivity index (χ1n) is 12.3. The van der Waals surface area contributed by atoms with Crippen LogP contribution in [0.5, 0.6) is 0 Å². The standard InChI is InChI=1S/C30H34N2O2/c1-28(2)15-16-29(3,4)25-18-21(8-11-24(25)28)22-12-17-31-26(19-22)20-6-9-23(10-7-20)30(13-5-14-30)32-27(33)34/h6-12,17-19,32H,5,13-16H2,1-4H3,(H,33,34). The number of nitrogens with one attached hydrogen (secondary N) is 1. The van der Waals surface area contributed by atoms with E-state index in [2.05, 4.69) is 80.5 Å². The number of hydrogen-bond acceptors (Lipinski definition) is 2. The van der Waals surface area contributed by atoms with E-state index >= 15 is 0 Å². The van der Waals surface area contributed by atoms with Crippen molar-refractivity contribution < 1.29 is 9.90 Å². The molecule has 2 N–H and O–H groups in total. The van der Waals surface area contributed by atoms with Crippen LogP contribution in [-0.2, 0) is 16.4 Å². The molecule has 0 unspecified atom stereocenters. The van der Waals surface area contributed by atoms with Crippen LogP contribution in [0.1, 0.15) is 76.5 Å². The fourth-order valence-corrected chi connectivity index (χ4v) is 5.72. The third-order valence-corrected chi connectivity index (χ3v) is 8.23. The van der Waals surface area contributed by atoms with E-state index in [0.29, 0.717) is 0 Å². The maximum Gasteiger partial charge on any atom is 0.405 e. The lowest BCUT2D eigenvalue weighted by Crippen LogP contribution is -2.50. The second-order valence-electron chi connectivity index (χ2n) is 11.4. The van der Waals surface area contributed by atoms with E-state index < -0.39 is 11.6 Å². The number of fused-ring (bicyclic) bond motifs is 1. The highest BCUT2D eigenvalue weighted by Crippen LogP contribution is 2.47.